The molecule has 0 saturated carbocycles. The van der Waals surface area contributed by atoms with Gasteiger partial charge in [-0.3, -0.25) is 0 Å². The summed E-state index contributed by atoms with van der Waals surface area (Å²) >= 11 is 25.8. The fourth-order valence-corrected chi connectivity index (χ4v) is 5.78. The zero-order valence-corrected chi connectivity index (χ0v) is 20.8. The largest absolute Gasteiger partial charge is 0.507 e. The van der Waals surface area contributed by atoms with Crippen molar-refractivity contribution in [3.05, 3.63) is 76.7 Å². The summed E-state index contributed by atoms with van der Waals surface area (Å²) in [5, 5.41) is 21.1. The molecule has 1 spiro atoms. The van der Waals surface area contributed by atoms with Gasteiger partial charge < -0.3 is 19.7 Å². The Kier molecular flexibility index (Phi) is 4.83. The molecule has 3 aromatic rings. The number of phenolic OH excluding ortho intramolecular Hbond substituents is 2. The van der Waals surface area contributed by atoms with Crippen molar-refractivity contribution in [3.63, 3.8) is 0 Å². The van der Waals surface area contributed by atoms with Crippen molar-refractivity contribution in [1.82, 2.24) is 0 Å². The Morgan fingerprint density at radius 1 is 0.758 bits per heavy atom. The second kappa shape index (κ2) is 7.09. The van der Waals surface area contributed by atoms with E-state index >= 15 is 0 Å². The first-order valence-electron chi connectivity index (χ1n) is 9.88. The van der Waals surface area contributed by atoms with Gasteiger partial charge in [-0.1, -0.05) is 46.4 Å². The highest BCUT2D eigenvalue weighted by molar-refractivity contribution is 6.53. The standard InChI is InChI=1S/C24H16Cl4O5/c1-7-5-11-21(9(3)19(7)29)32-22-10(4)20(30)8(2)6-12(22)24(11)14-13(23(31)33-24)15(25)17(27)18(28)16(14)26/h5-6,29-30H,1-4H3. The van der Waals surface area contributed by atoms with Crippen LogP contribution in [0.1, 0.15) is 49.3 Å². The molecule has 0 fully saturated rings. The molecule has 5 rings (SSSR count). The van der Waals surface area contributed by atoms with Gasteiger partial charge in [0.15, 0.2) is 5.60 Å². The maximum absolute atomic E-state index is 13.3. The Balaban J connectivity index is 2.05. The number of carbonyl (C=O) groups excluding carboxylic acids is 1. The molecule has 0 unspecified atom stereocenters. The second-order valence-corrected chi connectivity index (χ2v) is 9.78. The number of carbonyl (C=O) groups is 1. The molecule has 2 aliphatic heterocycles. The molecule has 0 aromatic heterocycles. The number of fused-ring (bicyclic) bond motifs is 6. The zero-order chi connectivity index (χ0) is 24.1. The molecule has 5 nitrogen and oxygen atoms in total. The number of halogens is 4. The van der Waals surface area contributed by atoms with Crippen LogP contribution in [-0.2, 0) is 10.3 Å². The van der Waals surface area contributed by atoms with E-state index in [1.165, 1.54) is 0 Å². The maximum Gasteiger partial charge on any atom is 0.341 e. The van der Waals surface area contributed by atoms with Crippen molar-refractivity contribution < 1.29 is 24.5 Å². The van der Waals surface area contributed by atoms with Crippen LogP contribution in [0.3, 0.4) is 0 Å². The van der Waals surface area contributed by atoms with Crippen LogP contribution in [0.15, 0.2) is 12.1 Å². The number of hydrogen-bond donors (Lipinski definition) is 2. The molecule has 0 aliphatic carbocycles. The number of phenols is 2. The highest BCUT2D eigenvalue weighted by Gasteiger charge is 2.57. The molecule has 2 N–H and O–H groups in total. The quantitative estimate of drug-likeness (QED) is 0.180. The van der Waals surface area contributed by atoms with Crippen LogP contribution < -0.4 is 4.74 Å². The van der Waals surface area contributed by atoms with Gasteiger partial charge in [-0.25, -0.2) is 4.79 Å². The lowest BCUT2D eigenvalue weighted by atomic mass is 9.75. The highest BCUT2D eigenvalue weighted by atomic mass is 35.5. The first-order chi connectivity index (χ1) is 15.4. The summed E-state index contributed by atoms with van der Waals surface area (Å²) in [5.41, 5.74) is 1.45. The van der Waals surface area contributed by atoms with Crippen LogP contribution in [0, 0.1) is 27.7 Å². The van der Waals surface area contributed by atoms with Crippen molar-refractivity contribution in [3.8, 4) is 23.0 Å². The molecule has 170 valence electrons. The minimum absolute atomic E-state index is 0.00151. The first kappa shape index (κ1) is 22.5. The van der Waals surface area contributed by atoms with Gasteiger partial charge >= 0.3 is 5.97 Å². The third-order valence-corrected chi connectivity index (χ3v) is 8.18. The summed E-state index contributed by atoms with van der Waals surface area (Å²) in [6.07, 6.45) is 0. The Morgan fingerprint density at radius 3 is 1.70 bits per heavy atom. The number of benzene rings is 3. The number of aromatic hydroxyl groups is 2. The van der Waals surface area contributed by atoms with Crippen molar-refractivity contribution in [1.29, 1.82) is 0 Å². The van der Waals surface area contributed by atoms with E-state index in [2.05, 4.69) is 0 Å². The average Bonchev–Trinajstić information content (AvgIpc) is 3.08. The Bertz CT molecular complexity index is 1380. The van der Waals surface area contributed by atoms with Crippen LogP contribution in [0.25, 0.3) is 0 Å². The van der Waals surface area contributed by atoms with E-state index < -0.39 is 11.6 Å². The number of hydrogen-bond acceptors (Lipinski definition) is 5. The number of rotatable bonds is 0. The maximum atomic E-state index is 13.3. The molecule has 0 bridgehead atoms. The third-order valence-electron chi connectivity index (χ3n) is 6.38. The van der Waals surface area contributed by atoms with Crippen molar-refractivity contribution in [2.24, 2.45) is 0 Å². The first-order valence-corrected chi connectivity index (χ1v) is 11.4. The van der Waals surface area contributed by atoms with E-state index in [9.17, 15) is 15.0 Å². The summed E-state index contributed by atoms with van der Waals surface area (Å²) < 4.78 is 12.3. The van der Waals surface area contributed by atoms with Crippen LogP contribution in [0.5, 0.6) is 23.0 Å². The number of ether oxygens (including phenoxy) is 2. The van der Waals surface area contributed by atoms with Crippen molar-refractivity contribution >= 4 is 52.4 Å². The Labute approximate surface area is 209 Å². The van der Waals surface area contributed by atoms with E-state index in [1.54, 1.807) is 39.8 Å². The molecular weight excluding hydrogens is 510 g/mol. The number of esters is 1. The second-order valence-electron chi connectivity index (χ2n) is 8.27. The fourth-order valence-electron chi connectivity index (χ4n) is 4.72. The van der Waals surface area contributed by atoms with Crippen LogP contribution >= 0.6 is 46.4 Å². The summed E-state index contributed by atoms with van der Waals surface area (Å²) in [4.78, 5) is 13.3. The van der Waals surface area contributed by atoms with E-state index in [-0.39, 0.29) is 54.2 Å². The molecule has 0 radical (unpaired) electrons. The molecule has 0 amide bonds. The van der Waals surface area contributed by atoms with Gasteiger partial charge in [0.2, 0.25) is 0 Å². The Hall–Kier alpha value is -2.31. The zero-order valence-electron chi connectivity index (χ0n) is 17.8. The van der Waals surface area contributed by atoms with Crippen molar-refractivity contribution in [2.45, 2.75) is 33.3 Å². The number of aryl methyl sites for hydroxylation is 2. The molecule has 2 aliphatic rings. The average molecular weight is 526 g/mol. The van der Waals surface area contributed by atoms with Gasteiger partial charge in [0, 0.05) is 27.8 Å². The predicted molar refractivity (Wildman–Crippen MR) is 127 cm³/mol. The lowest BCUT2D eigenvalue weighted by Crippen LogP contribution is -2.34. The predicted octanol–water partition coefficient (Wildman–Crippen LogP) is 7.51. The molecule has 0 saturated heterocycles. The normalized spacial score (nSPS) is 15.1. The Morgan fingerprint density at radius 2 is 1.21 bits per heavy atom. The molecule has 0 atom stereocenters. The van der Waals surface area contributed by atoms with Gasteiger partial charge in [0.05, 0.1) is 25.7 Å². The molecule has 9 heteroatoms. The van der Waals surface area contributed by atoms with E-state index in [1.807, 2.05) is 0 Å². The van der Waals surface area contributed by atoms with Crippen LogP contribution in [0.2, 0.25) is 20.1 Å². The lowest BCUT2D eigenvalue weighted by molar-refractivity contribution is 0.0223. The van der Waals surface area contributed by atoms with Gasteiger partial charge in [0.1, 0.15) is 23.0 Å². The van der Waals surface area contributed by atoms with Gasteiger partial charge in [0.25, 0.3) is 0 Å². The summed E-state index contributed by atoms with van der Waals surface area (Å²) in [6, 6.07) is 3.35. The van der Waals surface area contributed by atoms with Crippen LogP contribution in [-0.4, -0.2) is 16.2 Å². The SMILES string of the molecule is Cc1cc2c(c(C)c1O)Oc1c(cc(C)c(O)c1C)C21OC(=O)c2c(Cl)c(Cl)c(Cl)c(Cl)c21. The van der Waals surface area contributed by atoms with Crippen molar-refractivity contribution in [2.75, 3.05) is 0 Å². The van der Waals surface area contributed by atoms with E-state index in [0.29, 0.717) is 33.4 Å². The molecule has 3 aromatic carbocycles. The van der Waals surface area contributed by atoms with Crippen LogP contribution in [0.4, 0.5) is 0 Å². The van der Waals surface area contributed by atoms with Gasteiger partial charge in [-0.2, -0.15) is 0 Å². The summed E-state index contributed by atoms with van der Waals surface area (Å²) in [5.74, 6) is -0.124. The molecule has 2 heterocycles. The van der Waals surface area contributed by atoms with Gasteiger partial charge in [-0.05, 0) is 51.0 Å². The molecular formula is C24H16Cl4O5. The smallest absolute Gasteiger partial charge is 0.341 e. The monoisotopic (exact) mass is 524 g/mol. The van der Waals surface area contributed by atoms with E-state index in [0.717, 1.165) is 0 Å². The summed E-state index contributed by atoms with van der Waals surface area (Å²) in [6.45, 7) is 6.81. The summed E-state index contributed by atoms with van der Waals surface area (Å²) in [7, 11) is 0. The molecule has 33 heavy (non-hydrogen) atoms. The third kappa shape index (κ3) is 2.65. The lowest BCUT2D eigenvalue weighted by Gasteiger charge is -2.39. The highest BCUT2D eigenvalue weighted by Crippen LogP contribution is 2.63. The minimum Gasteiger partial charge on any atom is -0.507 e. The van der Waals surface area contributed by atoms with Gasteiger partial charge in [-0.15, -0.1) is 0 Å². The topological polar surface area (TPSA) is 76.0 Å². The minimum atomic E-state index is -1.60. The van der Waals surface area contributed by atoms with E-state index in [4.69, 9.17) is 55.9 Å². The fraction of sp³-hybridized carbons (Fsp3) is 0.208.